The lowest BCUT2D eigenvalue weighted by atomic mass is 9.89. The molecule has 4 aromatic carbocycles. The van der Waals surface area contributed by atoms with Gasteiger partial charge >= 0.3 is 0 Å². The minimum atomic E-state index is -0.417. The number of nitro benzene ring substituents is 2. The van der Waals surface area contributed by atoms with E-state index in [0.717, 1.165) is 74.5 Å². The van der Waals surface area contributed by atoms with Crippen molar-refractivity contribution in [1.82, 2.24) is 19.6 Å². The molecule has 2 heterocycles. The van der Waals surface area contributed by atoms with Crippen LogP contribution in [0.3, 0.4) is 0 Å². The smallest absolute Gasteiger partial charge is 0.291 e. The summed E-state index contributed by atoms with van der Waals surface area (Å²) in [5.41, 5.74) is 4.35. The third-order valence-corrected chi connectivity index (χ3v) is 13.5. The van der Waals surface area contributed by atoms with Crippen LogP contribution in [0.5, 0.6) is 0 Å². The topological polar surface area (TPSA) is 133 Å². The highest BCUT2D eigenvalue weighted by Crippen LogP contribution is 2.50. The second kappa shape index (κ2) is 22.0. The molecule has 0 radical (unpaired) electrons. The summed E-state index contributed by atoms with van der Waals surface area (Å²) in [6.45, 7) is 10.9. The molecule has 2 aliphatic heterocycles. The Hall–Kier alpha value is -5.63. The largest absolute Gasteiger partial charge is 0.335 e. The first kappa shape index (κ1) is 48.8. The van der Waals surface area contributed by atoms with Gasteiger partial charge in [0.1, 0.15) is 0 Å². The van der Waals surface area contributed by atoms with Gasteiger partial charge in [-0.1, -0.05) is 100 Å². The van der Waals surface area contributed by atoms with Crippen molar-refractivity contribution in [1.29, 1.82) is 0 Å². The number of rotatable bonds is 16. The van der Waals surface area contributed by atoms with Gasteiger partial charge in [-0.05, 0) is 136 Å². The average Bonchev–Trinajstić information content (AvgIpc) is 3.27. The molecule has 6 rings (SSSR count). The van der Waals surface area contributed by atoms with Crippen molar-refractivity contribution < 1.29 is 19.4 Å². The van der Waals surface area contributed by atoms with Gasteiger partial charge in [0.15, 0.2) is 0 Å². The van der Waals surface area contributed by atoms with Crippen molar-refractivity contribution in [3.63, 3.8) is 0 Å². The van der Waals surface area contributed by atoms with Crippen molar-refractivity contribution in [2.45, 2.75) is 99.9 Å². The fraction of sp³-hybridized carbons (Fsp3) is 0.423. The van der Waals surface area contributed by atoms with E-state index in [9.17, 15) is 29.8 Å². The van der Waals surface area contributed by atoms with Gasteiger partial charge in [-0.25, -0.2) is 0 Å². The Morgan fingerprint density at radius 2 is 1.02 bits per heavy atom. The zero-order valence-corrected chi connectivity index (χ0v) is 40.0. The van der Waals surface area contributed by atoms with Gasteiger partial charge in [0.25, 0.3) is 11.4 Å². The molecule has 65 heavy (non-hydrogen) atoms. The zero-order chi connectivity index (χ0) is 46.9. The highest BCUT2D eigenvalue weighted by molar-refractivity contribution is 7.99. The lowest BCUT2D eigenvalue weighted by Gasteiger charge is -2.36. The molecular formula is C52H64N6O6S. The van der Waals surface area contributed by atoms with Crippen LogP contribution in [0.1, 0.15) is 100 Å². The van der Waals surface area contributed by atoms with E-state index in [4.69, 9.17) is 0 Å². The Labute approximate surface area is 388 Å². The van der Waals surface area contributed by atoms with Gasteiger partial charge in [-0.3, -0.25) is 29.8 Å². The van der Waals surface area contributed by atoms with E-state index < -0.39 is 9.85 Å². The second-order valence-electron chi connectivity index (χ2n) is 18.4. The summed E-state index contributed by atoms with van der Waals surface area (Å²) in [5, 5.41) is 27.0. The fourth-order valence-corrected chi connectivity index (χ4v) is 10.5. The van der Waals surface area contributed by atoms with Crippen molar-refractivity contribution in [3.8, 4) is 22.3 Å². The van der Waals surface area contributed by atoms with Gasteiger partial charge in [-0.2, -0.15) is 0 Å². The summed E-state index contributed by atoms with van der Waals surface area (Å²) in [6, 6.07) is 22.1. The number of carbonyl (C=O) groups is 2. The number of nitrogens with zero attached hydrogens (tertiary/aromatic N) is 6. The fourth-order valence-electron chi connectivity index (χ4n) is 9.44. The Kier molecular flexibility index (Phi) is 16.6. The Morgan fingerprint density at radius 3 is 1.37 bits per heavy atom. The zero-order valence-electron chi connectivity index (χ0n) is 39.2. The monoisotopic (exact) mass is 900 g/mol. The average molecular weight is 901 g/mol. The number of piperidine rings is 2. The molecule has 0 bridgehead atoms. The highest BCUT2D eigenvalue weighted by Gasteiger charge is 2.33. The number of carbonyl (C=O) groups excluding carboxylic acids is 2. The van der Waals surface area contributed by atoms with Crippen LogP contribution in [0.4, 0.5) is 11.4 Å². The molecule has 0 saturated carbocycles. The van der Waals surface area contributed by atoms with Crippen LogP contribution in [-0.4, -0.2) is 108 Å². The number of benzene rings is 4. The summed E-state index contributed by atoms with van der Waals surface area (Å²) in [6.07, 6.45) is 12.1. The third-order valence-electron chi connectivity index (χ3n) is 12.4. The molecule has 4 aromatic rings. The molecule has 12 nitrogen and oxygen atoms in total. The molecule has 13 heteroatoms. The van der Waals surface area contributed by atoms with Gasteiger partial charge < -0.3 is 19.6 Å². The second-order valence-corrected chi connectivity index (χ2v) is 19.5. The quantitative estimate of drug-likeness (QED) is 0.0612. The molecule has 0 aliphatic carbocycles. The maximum Gasteiger partial charge on any atom is 0.291 e. The summed E-state index contributed by atoms with van der Waals surface area (Å²) >= 11 is 0.976. The van der Waals surface area contributed by atoms with Crippen molar-refractivity contribution in [2.75, 3.05) is 54.4 Å². The Bertz CT molecular complexity index is 2280. The first-order valence-corrected chi connectivity index (χ1v) is 23.6. The minimum Gasteiger partial charge on any atom is -0.335 e. The maximum absolute atomic E-state index is 13.9. The predicted molar refractivity (Wildman–Crippen MR) is 263 cm³/mol. The lowest BCUT2D eigenvalue weighted by molar-refractivity contribution is -0.387. The van der Waals surface area contributed by atoms with E-state index in [2.05, 4.69) is 9.80 Å². The Balaban J connectivity index is 1.51. The van der Waals surface area contributed by atoms with E-state index in [1.807, 2.05) is 114 Å². The van der Waals surface area contributed by atoms with Crippen LogP contribution in [0.2, 0.25) is 0 Å². The summed E-state index contributed by atoms with van der Waals surface area (Å²) in [5.74, 6) is -0.283. The normalized spacial score (nSPS) is 17.0. The van der Waals surface area contributed by atoms with Crippen LogP contribution in [-0.2, 0) is 9.59 Å². The summed E-state index contributed by atoms with van der Waals surface area (Å²) < 4.78 is 0. The molecule has 2 fully saturated rings. The first-order chi connectivity index (χ1) is 31.1. The van der Waals surface area contributed by atoms with E-state index in [1.165, 1.54) is 12.2 Å². The molecule has 2 atom stereocenters. The van der Waals surface area contributed by atoms with Gasteiger partial charge in [0, 0.05) is 50.4 Å². The predicted octanol–water partition coefficient (Wildman–Crippen LogP) is 11.1. The maximum atomic E-state index is 13.9. The van der Waals surface area contributed by atoms with Crippen LogP contribution < -0.4 is 0 Å². The van der Waals surface area contributed by atoms with Crippen LogP contribution in [0, 0.1) is 20.2 Å². The molecule has 0 spiro atoms. The molecule has 0 N–H and O–H groups in total. The molecule has 2 amide bonds. The molecule has 2 unspecified atom stereocenters. The van der Waals surface area contributed by atoms with E-state index in [-0.39, 0.29) is 56.9 Å². The van der Waals surface area contributed by atoms with E-state index in [1.54, 1.807) is 36.4 Å². The minimum absolute atomic E-state index is 0.00616. The first-order valence-electron chi connectivity index (χ1n) is 22.8. The van der Waals surface area contributed by atoms with Crippen molar-refractivity contribution >= 4 is 47.1 Å². The van der Waals surface area contributed by atoms with Crippen molar-refractivity contribution in [3.05, 3.63) is 127 Å². The molecule has 0 aromatic heterocycles. The molecular weight excluding hydrogens is 837 g/mol. The number of hydrogen-bond donors (Lipinski definition) is 0. The van der Waals surface area contributed by atoms with Crippen LogP contribution in [0.25, 0.3) is 34.4 Å². The number of likely N-dealkylation sites (N-methyl/N-ethyl adjacent to an activating group) is 2. The summed E-state index contributed by atoms with van der Waals surface area (Å²) in [4.78, 5) is 62.3. The van der Waals surface area contributed by atoms with Crippen molar-refractivity contribution in [2.24, 2.45) is 0 Å². The van der Waals surface area contributed by atoms with Gasteiger partial charge in [0.05, 0.1) is 30.8 Å². The van der Waals surface area contributed by atoms with Crippen LogP contribution in [0.15, 0.2) is 94.7 Å². The number of hydrogen-bond acceptors (Lipinski definition) is 9. The highest BCUT2D eigenvalue weighted by atomic mass is 32.2. The van der Waals surface area contributed by atoms with Crippen LogP contribution >= 0.6 is 11.8 Å². The molecule has 2 saturated heterocycles. The Morgan fingerprint density at radius 1 is 0.631 bits per heavy atom. The summed E-state index contributed by atoms with van der Waals surface area (Å²) in [7, 11) is 7.99. The lowest BCUT2D eigenvalue weighted by Crippen LogP contribution is -2.47. The number of nitro groups is 2. The van der Waals surface area contributed by atoms with Gasteiger partial charge in [-0.15, -0.1) is 0 Å². The molecule has 344 valence electrons. The van der Waals surface area contributed by atoms with E-state index >= 15 is 0 Å². The number of likely N-dealkylation sites (tertiary alicyclic amines) is 2. The standard InChI is InChI=1S/C52H64N6O6S/c1-35(2)41-19-9-11-21-43(41)49-37(25-29-47(59)55-31-15-13-17-39(55)33-53(5)6)23-27-45(51(49)57(61)62)65-46-28-24-38(26-30-48(60)56-32-16-14-18-40(56)34-54(7)8)50(52(46)58(63)64)44-22-12-10-20-42(44)36(3)4/h9-12,19-30,35-36,39-40H,13-18,31-34H2,1-8H3/b29-25+,30-26+. The number of amides is 2. The van der Waals surface area contributed by atoms with E-state index in [0.29, 0.717) is 46.5 Å². The molecule has 2 aliphatic rings. The SMILES string of the molecule is CC(C)c1ccccc1-c1c(/C=C/C(=O)N2CCCCC2CN(C)C)ccc(Sc2ccc(/C=C/C(=O)N3CCCCC3CN(C)C)c(-c3ccccc3C(C)C)c2[N+](=O)[O-])c1[N+](=O)[O-]. The van der Waals surface area contributed by atoms with Gasteiger partial charge in [0.2, 0.25) is 11.8 Å². The third kappa shape index (κ3) is 11.6.